The summed E-state index contributed by atoms with van der Waals surface area (Å²) in [6.07, 6.45) is -2.95. The second kappa shape index (κ2) is 8.55. The number of carbonyl (C=O) groups excluding carboxylic acids is 1. The van der Waals surface area contributed by atoms with E-state index in [0.29, 0.717) is 12.1 Å². The number of aromatic hydroxyl groups is 1. The number of amides is 1. The minimum absolute atomic E-state index is 0.0641. The van der Waals surface area contributed by atoms with Crippen molar-refractivity contribution in [2.75, 3.05) is 25.5 Å². The summed E-state index contributed by atoms with van der Waals surface area (Å²) >= 11 is 0. The summed E-state index contributed by atoms with van der Waals surface area (Å²) in [4.78, 5) is 14.9. The van der Waals surface area contributed by atoms with Gasteiger partial charge < -0.3 is 15.2 Å². The number of rotatable bonds is 5. The Morgan fingerprint density at radius 2 is 2.03 bits per heavy atom. The van der Waals surface area contributed by atoms with Crippen molar-refractivity contribution in [3.63, 3.8) is 0 Å². The summed E-state index contributed by atoms with van der Waals surface area (Å²) in [6.45, 7) is 5.90. The summed E-state index contributed by atoms with van der Waals surface area (Å²) in [7, 11) is 1.14. The quantitative estimate of drug-likeness (QED) is 0.712. The largest absolute Gasteiger partial charge is 0.508 e. The third kappa shape index (κ3) is 4.38. The number of alkyl halides is 3. The SMILES string of the molecule is CCCN1CCc2c(O)cc(NC(=O)c3ccc(OC)c(C(F)(F)F)c3)cc2C1C. The van der Waals surface area contributed by atoms with E-state index in [1.807, 2.05) is 6.92 Å². The van der Waals surface area contributed by atoms with Crippen LogP contribution >= 0.6 is 0 Å². The van der Waals surface area contributed by atoms with Crippen LogP contribution in [0.5, 0.6) is 11.5 Å². The van der Waals surface area contributed by atoms with Gasteiger partial charge in [-0.25, -0.2) is 0 Å². The fourth-order valence-electron chi connectivity index (χ4n) is 3.91. The van der Waals surface area contributed by atoms with Gasteiger partial charge in [0.25, 0.3) is 5.91 Å². The van der Waals surface area contributed by atoms with Crippen LogP contribution < -0.4 is 10.1 Å². The highest BCUT2D eigenvalue weighted by atomic mass is 19.4. The Kier molecular flexibility index (Phi) is 6.26. The van der Waals surface area contributed by atoms with E-state index in [1.54, 1.807) is 6.07 Å². The molecule has 5 nitrogen and oxygen atoms in total. The molecule has 30 heavy (non-hydrogen) atoms. The zero-order valence-electron chi connectivity index (χ0n) is 17.1. The second-order valence-electron chi connectivity index (χ2n) is 7.39. The lowest BCUT2D eigenvalue weighted by Crippen LogP contribution is -2.34. The van der Waals surface area contributed by atoms with Crippen LogP contribution in [0.15, 0.2) is 30.3 Å². The average Bonchev–Trinajstić information content (AvgIpc) is 2.69. The molecule has 2 aromatic rings. The van der Waals surface area contributed by atoms with Gasteiger partial charge in [-0.15, -0.1) is 0 Å². The van der Waals surface area contributed by atoms with E-state index in [1.165, 1.54) is 12.1 Å². The molecule has 0 bridgehead atoms. The van der Waals surface area contributed by atoms with Gasteiger partial charge in [0.1, 0.15) is 11.5 Å². The van der Waals surface area contributed by atoms with Crippen LogP contribution in [0, 0.1) is 0 Å². The van der Waals surface area contributed by atoms with Crippen molar-refractivity contribution in [2.24, 2.45) is 0 Å². The van der Waals surface area contributed by atoms with E-state index in [4.69, 9.17) is 4.74 Å². The topological polar surface area (TPSA) is 61.8 Å². The lowest BCUT2D eigenvalue weighted by molar-refractivity contribution is -0.138. The maximum Gasteiger partial charge on any atom is 0.419 e. The predicted octanol–water partition coefficient (Wildman–Crippen LogP) is 5.00. The van der Waals surface area contributed by atoms with Gasteiger partial charge in [0.15, 0.2) is 0 Å². The number of nitrogens with one attached hydrogen (secondary N) is 1. The third-order valence-electron chi connectivity index (χ3n) is 5.44. The molecule has 0 spiro atoms. The number of nitrogens with zero attached hydrogens (tertiary/aromatic N) is 1. The van der Waals surface area contributed by atoms with Gasteiger partial charge >= 0.3 is 6.18 Å². The van der Waals surface area contributed by atoms with Crippen molar-refractivity contribution in [1.29, 1.82) is 0 Å². The molecular formula is C22H25F3N2O3. The van der Waals surface area contributed by atoms with Crippen molar-refractivity contribution in [3.05, 3.63) is 52.6 Å². The molecule has 1 aliphatic heterocycles. The van der Waals surface area contributed by atoms with Crippen LogP contribution in [-0.2, 0) is 12.6 Å². The number of halogens is 3. The third-order valence-corrected chi connectivity index (χ3v) is 5.44. The van der Waals surface area contributed by atoms with Gasteiger partial charge in [0, 0.05) is 35.5 Å². The van der Waals surface area contributed by atoms with Crippen LogP contribution in [0.25, 0.3) is 0 Å². The van der Waals surface area contributed by atoms with Gasteiger partial charge in [-0.3, -0.25) is 9.69 Å². The fourth-order valence-corrected chi connectivity index (χ4v) is 3.91. The van der Waals surface area contributed by atoms with Crippen LogP contribution in [0.2, 0.25) is 0 Å². The van der Waals surface area contributed by atoms with E-state index in [2.05, 4.69) is 17.1 Å². The molecule has 2 N–H and O–H groups in total. The first-order chi connectivity index (χ1) is 14.2. The first kappa shape index (κ1) is 22.0. The molecule has 0 radical (unpaired) electrons. The minimum atomic E-state index is -4.65. The standard InChI is InChI=1S/C22H25F3N2O3/c1-4-8-27-9-7-16-17(13(27)2)11-15(12-19(16)28)26-21(29)14-5-6-20(30-3)18(10-14)22(23,24)25/h5-6,10-13,28H,4,7-9H2,1-3H3,(H,26,29). The first-order valence-electron chi connectivity index (χ1n) is 9.82. The Hall–Kier alpha value is -2.74. The molecule has 2 aromatic carbocycles. The molecular weight excluding hydrogens is 397 g/mol. The Morgan fingerprint density at radius 3 is 2.67 bits per heavy atom. The van der Waals surface area contributed by atoms with Crippen molar-refractivity contribution in [2.45, 2.75) is 38.9 Å². The number of anilines is 1. The number of hydrogen-bond acceptors (Lipinski definition) is 4. The van der Waals surface area contributed by atoms with Gasteiger partial charge in [-0.1, -0.05) is 6.92 Å². The molecule has 162 valence electrons. The van der Waals surface area contributed by atoms with Crippen molar-refractivity contribution in [1.82, 2.24) is 4.90 Å². The Labute approximate surface area is 173 Å². The first-order valence-corrected chi connectivity index (χ1v) is 9.82. The van der Waals surface area contributed by atoms with Crippen LogP contribution in [-0.4, -0.2) is 36.1 Å². The van der Waals surface area contributed by atoms with Crippen molar-refractivity contribution in [3.8, 4) is 11.5 Å². The van der Waals surface area contributed by atoms with Crippen molar-refractivity contribution < 1.29 is 27.8 Å². The number of carbonyl (C=O) groups is 1. The molecule has 0 saturated heterocycles. The lowest BCUT2D eigenvalue weighted by Gasteiger charge is -2.35. The van der Waals surface area contributed by atoms with E-state index >= 15 is 0 Å². The van der Waals surface area contributed by atoms with Crippen LogP contribution in [0.1, 0.15) is 53.4 Å². The number of methoxy groups -OCH3 is 1. The van der Waals surface area contributed by atoms with Crippen molar-refractivity contribution >= 4 is 11.6 Å². The molecule has 3 rings (SSSR count). The summed E-state index contributed by atoms with van der Waals surface area (Å²) in [6, 6.07) is 6.44. The van der Waals surface area contributed by atoms with Gasteiger partial charge in [-0.05, 0) is 56.1 Å². The molecule has 1 aliphatic rings. The lowest BCUT2D eigenvalue weighted by atomic mass is 9.92. The molecule has 1 unspecified atom stereocenters. The molecule has 1 heterocycles. The Balaban J connectivity index is 1.89. The molecule has 8 heteroatoms. The fraction of sp³-hybridized carbons (Fsp3) is 0.409. The molecule has 0 aromatic heterocycles. The van der Waals surface area contributed by atoms with E-state index in [0.717, 1.165) is 49.9 Å². The number of hydrogen-bond donors (Lipinski definition) is 2. The Bertz CT molecular complexity index is 944. The van der Waals surface area contributed by atoms with Gasteiger partial charge in [0.05, 0.1) is 12.7 Å². The smallest absolute Gasteiger partial charge is 0.419 e. The van der Waals surface area contributed by atoms with Gasteiger partial charge in [0.2, 0.25) is 0 Å². The monoisotopic (exact) mass is 422 g/mol. The number of phenolic OH excluding ortho intramolecular Hbond substituents is 1. The number of ether oxygens (including phenoxy) is 1. The summed E-state index contributed by atoms with van der Waals surface area (Å²) < 4.78 is 44.5. The molecule has 1 atom stereocenters. The minimum Gasteiger partial charge on any atom is -0.508 e. The predicted molar refractivity (Wildman–Crippen MR) is 108 cm³/mol. The summed E-state index contributed by atoms with van der Waals surface area (Å²) in [5, 5.41) is 13.0. The van der Waals surface area contributed by atoms with Crippen LogP contribution in [0.3, 0.4) is 0 Å². The molecule has 0 aliphatic carbocycles. The highest BCUT2D eigenvalue weighted by molar-refractivity contribution is 6.04. The zero-order valence-corrected chi connectivity index (χ0v) is 17.1. The molecule has 1 amide bonds. The Morgan fingerprint density at radius 1 is 1.30 bits per heavy atom. The van der Waals surface area contributed by atoms with E-state index in [9.17, 15) is 23.1 Å². The zero-order chi connectivity index (χ0) is 22.1. The number of phenols is 1. The normalized spacial score (nSPS) is 16.8. The summed E-state index contributed by atoms with van der Waals surface area (Å²) in [5.41, 5.74) is 0.925. The summed E-state index contributed by atoms with van der Waals surface area (Å²) in [5.74, 6) is -0.969. The van der Waals surface area contributed by atoms with E-state index in [-0.39, 0.29) is 23.1 Å². The molecule has 0 fully saturated rings. The highest BCUT2D eigenvalue weighted by Crippen LogP contribution is 2.38. The number of benzene rings is 2. The van der Waals surface area contributed by atoms with E-state index < -0.39 is 17.6 Å². The maximum absolute atomic E-state index is 13.2. The molecule has 0 saturated carbocycles. The van der Waals surface area contributed by atoms with Gasteiger partial charge in [-0.2, -0.15) is 13.2 Å². The second-order valence-corrected chi connectivity index (χ2v) is 7.39. The number of fused-ring (bicyclic) bond motifs is 1. The van der Waals surface area contributed by atoms with Crippen LogP contribution in [0.4, 0.5) is 18.9 Å². The highest BCUT2D eigenvalue weighted by Gasteiger charge is 2.35. The average molecular weight is 422 g/mol. The maximum atomic E-state index is 13.2.